The Morgan fingerprint density at radius 1 is 1.17 bits per heavy atom. The summed E-state index contributed by atoms with van der Waals surface area (Å²) in [7, 11) is 3.06. The van der Waals surface area contributed by atoms with Crippen molar-refractivity contribution in [2.45, 2.75) is 56.8 Å². The van der Waals surface area contributed by atoms with Crippen molar-refractivity contribution in [2.75, 3.05) is 19.5 Å². The summed E-state index contributed by atoms with van der Waals surface area (Å²) in [5.74, 6) is -0.784. The van der Waals surface area contributed by atoms with E-state index in [1.54, 1.807) is 25.2 Å². The van der Waals surface area contributed by atoms with Crippen LogP contribution in [0.3, 0.4) is 0 Å². The zero-order valence-electron chi connectivity index (χ0n) is 16.4. The standard InChI is InChI=1S/C20H25F3N2O4/c1-25-16(8-10-18(25)26)19(27)24-15-11-14(7-9-17(15)28-2)29-13-5-3-12(4-6-13)20(21,22)23/h7,9,11-13,16H,3-6,8,10H2,1-2H3,(H,24,27)/t12?,13?,16-/m0/s1. The van der Waals surface area contributed by atoms with Crippen molar-refractivity contribution in [3.8, 4) is 11.5 Å². The van der Waals surface area contributed by atoms with Crippen molar-refractivity contribution < 1.29 is 32.2 Å². The maximum atomic E-state index is 12.8. The Hall–Kier alpha value is -2.45. The summed E-state index contributed by atoms with van der Waals surface area (Å²) in [6.45, 7) is 0. The lowest BCUT2D eigenvalue weighted by Crippen LogP contribution is -2.38. The van der Waals surface area contributed by atoms with E-state index >= 15 is 0 Å². The van der Waals surface area contributed by atoms with Gasteiger partial charge in [-0.3, -0.25) is 9.59 Å². The second-order valence-electron chi connectivity index (χ2n) is 7.54. The molecule has 1 aliphatic carbocycles. The molecule has 0 radical (unpaired) electrons. The number of likely N-dealkylation sites (N-methyl/N-ethyl adjacent to an activating group) is 1. The van der Waals surface area contributed by atoms with Crippen molar-refractivity contribution in [3.05, 3.63) is 18.2 Å². The molecule has 1 saturated carbocycles. The molecule has 1 N–H and O–H groups in total. The van der Waals surface area contributed by atoms with Gasteiger partial charge in [-0.2, -0.15) is 13.2 Å². The normalized spacial score (nSPS) is 25.1. The number of nitrogens with zero attached hydrogens (tertiary/aromatic N) is 1. The molecular weight excluding hydrogens is 389 g/mol. The number of hydrogen-bond acceptors (Lipinski definition) is 4. The summed E-state index contributed by atoms with van der Waals surface area (Å²) >= 11 is 0. The Morgan fingerprint density at radius 2 is 1.86 bits per heavy atom. The van der Waals surface area contributed by atoms with Crippen LogP contribution in [-0.4, -0.2) is 49.2 Å². The molecule has 2 aliphatic rings. The molecule has 2 fully saturated rings. The first-order chi connectivity index (χ1) is 13.7. The highest BCUT2D eigenvalue weighted by molar-refractivity contribution is 5.99. The van der Waals surface area contributed by atoms with Crippen molar-refractivity contribution in [2.24, 2.45) is 5.92 Å². The second-order valence-corrected chi connectivity index (χ2v) is 7.54. The highest BCUT2D eigenvalue weighted by Gasteiger charge is 2.41. The fraction of sp³-hybridized carbons (Fsp3) is 0.600. The van der Waals surface area contributed by atoms with Gasteiger partial charge >= 0.3 is 6.18 Å². The smallest absolute Gasteiger partial charge is 0.391 e. The Balaban J connectivity index is 1.65. The third kappa shape index (κ3) is 4.94. The Kier molecular flexibility index (Phi) is 6.24. The summed E-state index contributed by atoms with van der Waals surface area (Å²) < 4.78 is 49.6. The number of methoxy groups -OCH3 is 1. The predicted octanol–water partition coefficient (Wildman–Crippen LogP) is 3.75. The first-order valence-electron chi connectivity index (χ1n) is 9.67. The molecule has 1 heterocycles. The van der Waals surface area contributed by atoms with Gasteiger partial charge in [-0.05, 0) is 44.2 Å². The molecule has 6 nitrogen and oxygen atoms in total. The number of nitrogens with one attached hydrogen (secondary N) is 1. The van der Waals surface area contributed by atoms with Crippen LogP contribution in [0, 0.1) is 5.92 Å². The van der Waals surface area contributed by atoms with E-state index in [0.29, 0.717) is 42.9 Å². The number of anilines is 1. The highest BCUT2D eigenvalue weighted by atomic mass is 19.4. The summed E-state index contributed by atoms with van der Waals surface area (Å²) in [4.78, 5) is 25.6. The lowest BCUT2D eigenvalue weighted by molar-refractivity contribution is -0.185. The summed E-state index contributed by atoms with van der Waals surface area (Å²) in [5.41, 5.74) is 0.395. The molecule has 1 atom stereocenters. The van der Waals surface area contributed by atoms with E-state index in [0.717, 1.165) is 0 Å². The number of halogens is 3. The molecule has 2 amide bonds. The van der Waals surface area contributed by atoms with Gasteiger partial charge in [0, 0.05) is 19.5 Å². The largest absolute Gasteiger partial charge is 0.495 e. The molecule has 1 aromatic rings. The monoisotopic (exact) mass is 414 g/mol. The van der Waals surface area contributed by atoms with Crippen LogP contribution >= 0.6 is 0 Å². The van der Waals surface area contributed by atoms with Crippen LogP contribution in [0.5, 0.6) is 11.5 Å². The van der Waals surface area contributed by atoms with Gasteiger partial charge in [-0.1, -0.05) is 0 Å². The van der Waals surface area contributed by atoms with Gasteiger partial charge in [0.2, 0.25) is 11.8 Å². The van der Waals surface area contributed by atoms with E-state index in [2.05, 4.69) is 5.32 Å². The molecule has 0 aromatic heterocycles. The molecule has 29 heavy (non-hydrogen) atoms. The number of hydrogen-bond donors (Lipinski definition) is 1. The minimum absolute atomic E-state index is 0.0515. The Labute approximate surface area is 167 Å². The number of rotatable bonds is 5. The van der Waals surface area contributed by atoms with Crippen molar-refractivity contribution >= 4 is 17.5 Å². The van der Waals surface area contributed by atoms with Gasteiger partial charge in [-0.15, -0.1) is 0 Å². The first kappa shape index (κ1) is 21.3. The van der Waals surface area contributed by atoms with Crippen LogP contribution < -0.4 is 14.8 Å². The van der Waals surface area contributed by atoms with E-state index in [1.807, 2.05) is 0 Å². The third-order valence-electron chi connectivity index (χ3n) is 5.66. The minimum Gasteiger partial charge on any atom is -0.495 e. The van der Waals surface area contributed by atoms with Crippen LogP contribution in [0.15, 0.2) is 18.2 Å². The quantitative estimate of drug-likeness (QED) is 0.797. The van der Waals surface area contributed by atoms with Gasteiger partial charge < -0.3 is 19.7 Å². The lowest BCUT2D eigenvalue weighted by Gasteiger charge is -2.30. The molecule has 160 valence electrons. The number of benzene rings is 1. The van der Waals surface area contributed by atoms with Crippen molar-refractivity contribution in [3.63, 3.8) is 0 Å². The molecule has 1 aromatic carbocycles. The highest BCUT2D eigenvalue weighted by Crippen LogP contribution is 2.39. The Bertz CT molecular complexity index is 761. The summed E-state index contributed by atoms with van der Waals surface area (Å²) in [6, 6.07) is 4.35. The number of carbonyl (C=O) groups is 2. The van der Waals surface area contributed by atoms with E-state index < -0.39 is 18.1 Å². The summed E-state index contributed by atoms with van der Waals surface area (Å²) in [6.07, 6.45) is -2.93. The molecule has 3 rings (SSSR count). The lowest BCUT2D eigenvalue weighted by atomic mass is 9.87. The number of carbonyl (C=O) groups excluding carboxylic acids is 2. The molecular formula is C20H25F3N2O4. The molecule has 0 unspecified atom stereocenters. The maximum absolute atomic E-state index is 12.8. The average molecular weight is 414 g/mol. The van der Waals surface area contributed by atoms with Crippen molar-refractivity contribution in [1.82, 2.24) is 4.90 Å². The number of ether oxygens (including phenoxy) is 2. The van der Waals surface area contributed by atoms with Gasteiger partial charge in [0.05, 0.1) is 24.8 Å². The van der Waals surface area contributed by atoms with E-state index in [1.165, 1.54) is 12.0 Å². The van der Waals surface area contributed by atoms with Crippen LogP contribution in [0.4, 0.5) is 18.9 Å². The zero-order valence-corrected chi connectivity index (χ0v) is 16.4. The minimum atomic E-state index is -4.16. The molecule has 1 aliphatic heterocycles. The third-order valence-corrected chi connectivity index (χ3v) is 5.66. The van der Waals surface area contributed by atoms with Crippen LogP contribution in [0.25, 0.3) is 0 Å². The fourth-order valence-electron chi connectivity index (χ4n) is 3.89. The zero-order chi connectivity index (χ0) is 21.2. The van der Waals surface area contributed by atoms with Crippen LogP contribution in [0.1, 0.15) is 38.5 Å². The van der Waals surface area contributed by atoms with Gasteiger partial charge in [0.15, 0.2) is 0 Å². The van der Waals surface area contributed by atoms with Crippen LogP contribution in [-0.2, 0) is 9.59 Å². The topological polar surface area (TPSA) is 67.9 Å². The maximum Gasteiger partial charge on any atom is 0.391 e. The fourth-order valence-corrected chi connectivity index (χ4v) is 3.89. The summed E-state index contributed by atoms with van der Waals surface area (Å²) in [5, 5.41) is 2.77. The van der Waals surface area contributed by atoms with Crippen molar-refractivity contribution in [1.29, 1.82) is 0 Å². The number of amides is 2. The molecule has 9 heteroatoms. The molecule has 1 saturated heterocycles. The van der Waals surface area contributed by atoms with Gasteiger partial charge in [-0.25, -0.2) is 0 Å². The predicted molar refractivity (Wildman–Crippen MR) is 99.8 cm³/mol. The van der Waals surface area contributed by atoms with E-state index in [9.17, 15) is 22.8 Å². The Morgan fingerprint density at radius 3 is 2.41 bits per heavy atom. The number of likely N-dealkylation sites (tertiary alicyclic amines) is 1. The molecule has 0 spiro atoms. The van der Waals surface area contributed by atoms with Gasteiger partial charge in [0.25, 0.3) is 0 Å². The molecule has 0 bridgehead atoms. The SMILES string of the molecule is COc1ccc(OC2CCC(C(F)(F)F)CC2)cc1NC(=O)[C@@H]1CCC(=O)N1C. The van der Waals surface area contributed by atoms with Gasteiger partial charge in [0.1, 0.15) is 17.5 Å². The van der Waals surface area contributed by atoms with E-state index in [4.69, 9.17) is 9.47 Å². The second kappa shape index (κ2) is 8.51. The van der Waals surface area contributed by atoms with Crippen LogP contribution in [0.2, 0.25) is 0 Å². The van der Waals surface area contributed by atoms with E-state index in [-0.39, 0.29) is 30.8 Å². The average Bonchev–Trinajstić information content (AvgIpc) is 3.00. The number of alkyl halides is 3. The first-order valence-corrected chi connectivity index (χ1v) is 9.67.